The van der Waals surface area contributed by atoms with Crippen molar-refractivity contribution >= 4 is 11.7 Å². The van der Waals surface area contributed by atoms with Gasteiger partial charge in [-0.25, -0.2) is 0 Å². The molecule has 0 aliphatic carbocycles. The molecule has 29 heavy (non-hydrogen) atoms. The molecular formula is C26H25NO2. The maximum atomic E-state index is 12.8. The number of hydrogen-bond acceptors (Lipinski definition) is 2. The second kappa shape index (κ2) is 7.32. The van der Waals surface area contributed by atoms with E-state index in [-0.39, 0.29) is 11.7 Å². The number of piperidine rings is 1. The number of carbonyl (C=O) groups is 2. The van der Waals surface area contributed by atoms with Crippen LogP contribution in [0.5, 0.6) is 0 Å². The van der Waals surface area contributed by atoms with Crippen molar-refractivity contribution in [3.05, 3.63) is 83.9 Å². The zero-order valence-electron chi connectivity index (χ0n) is 17.0. The molecular weight excluding hydrogens is 358 g/mol. The number of carbonyl (C=O) groups excluding carboxylic acids is 2. The van der Waals surface area contributed by atoms with Crippen LogP contribution in [0.15, 0.2) is 72.8 Å². The van der Waals surface area contributed by atoms with Crippen molar-refractivity contribution in [3.8, 4) is 22.3 Å². The molecule has 146 valence electrons. The van der Waals surface area contributed by atoms with Crippen molar-refractivity contribution in [1.82, 2.24) is 5.32 Å². The Balaban J connectivity index is 1.67. The molecule has 0 aromatic heterocycles. The van der Waals surface area contributed by atoms with Gasteiger partial charge in [0.05, 0.1) is 0 Å². The zero-order valence-corrected chi connectivity index (χ0v) is 17.0. The average Bonchev–Trinajstić information content (AvgIpc) is 2.69. The van der Waals surface area contributed by atoms with Crippen molar-refractivity contribution in [1.29, 1.82) is 0 Å². The van der Waals surface area contributed by atoms with E-state index in [0.717, 1.165) is 27.8 Å². The molecule has 0 spiro atoms. The maximum absolute atomic E-state index is 12.8. The Labute approximate surface area is 171 Å². The quantitative estimate of drug-likeness (QED) is 0.626. The van der Waals surface area contributed by atoms with Gasteiger partial charge in [0.25, 0.3) is 0 Å². The first kappa shape index (κ1) is 19.1. The third-order valence-corrected chi connectivity index (χ3v) is 5.58. The molecule has 1 N–H and O–H groups in total. The van der Waals surface area contributed by atoms with Gasteiger partial charge in [-0.2, -0.15) is 0 Å². The molecule has 4 rings (SSSR count). The molecule has 3 aromatic carbocycles. The monoisotopic (exact) mass is 383 g/mol. The Morgan fingerprint density at radius 3 is 1.97 bits per heavy atom. The van der Waals surface area contributed by atoms with Crippen molar-refractivity contribution in [2.45, 2.75) is 38.6 Å². The molecule has 3 heteroatoms. The number of aryl methyl sites for hydroxylation is 1. The highest BCUT2D eigenvalue weighted by molar-refractivity contribution is 6.09. The Hall–Kier alpha value is -3.20. The number of ketones is 1. The summed E-state index contributed by atoms with van der Waals surface area (Å²) in [5.74, 6) is -0.948. The van der Waals surface area contributed by atoms with Gasteiger partial charge < -0.3 is 5.32 Å². The van der Waals surface area contributed by atoms with Crippen LogP contribution in [0, 0.1) is 6.92 Å². The molecule has 0 bridgehead atoms. The lowest BCUT2D eigenvalue weighted by molar-refractivity contribution is -0.136. The molecule has 0 saturated carbocycles. The van der Waals surface area contributed by atoms with E-state index in [1.807, 2.05) is 57.2 Å². The standard InChI is InChI=1S/C26H25NO2/c1-17-9-10-21(15-22(17)24-23(28)16-26(2,3)27-25(24)29)20-13-11-19(12-14-20)18-7-5-4-6-8-18/h4-15,24H,16H2,1-3H3,(H,27,29). The molecule has 1 atom stereocenters. The lowest BCUT2D eigenvalue weighted by Gasteiger charge is -2.34. The smallest absolute Gasteiger partial charge is 0.235 e. The summed E-state index contributed by atoms with van der Waals surface area (Å²) in [5.41, 5.74) is 5.69. The largest absolute Gasteiger partial charge is 0.350 e. The van der Waals surface area contributed by atoms with Crippen LogP contribution in [0.1, 0.15) is 37.3 Å². The molecule has 1 heterocycles. The van der Waals surface area contributed by atoms with E-state index >= 15 is 0 Å². The van der Waals surface area contributed by atoms with Crippen molar-refractivity contribution in [2.75, 3.05) is 0 Å². The van der Waals surface area contributed by atoms with Gasteiger partial charge in [-0.1, -0.05) is 66.7 Å². The van der Waals surface area contributed by atoms with Gasteiger partial charge in [-0.15, -0.1) is 0 Å². The van der Waals surface area contributed by atoms with Gasteiger partial charge in [0.1, 0.15) is 5.92 Å². The molecule has 3 aromatic rings. The topological polar surface area (TPSA) is 46.2 Å². The second-order valence-electron chi connectivity index (χ2n) is 8.46. The van der Waals surface area contributed by atoms with Gasteiger partial charge in [0, 0.05) is 12.0 Å². The first-order valence-electron chi connectivity index (χ1n) is 9.95. The summed E-state index contributed by atoms with van der Waals surface area (Å²) in [4.78, 5) is 25.5. The van der Waals surface area contributed by atoms with E-state index in [1.54, 1.807) is 0 Å². The minimum Gasteiger partial charge on any atom is -0.350 e. The van der Waals surface area contributed by atoms with E-state index in [9.17, 15) is 9.59 Å². The first-order chi connectivity index (χ1) is 13.8. The molecule has 1 aliphatic rings. The SMILES string of the molecule is Cc1ccc(-c2ccc(-c3ccccc3)cc2)cc1C1C(=O)CC(C)(C)NC1=O. The number of rotatable bonds is 3. The fraction of sp³-hybridized carbons (Fsp3) is 0.231. The number of hydrogen-bond donors (Lipinski definition) is 1. The summed E-state index contributed by atoms with van der Waals surface area (Å²) in [5, 5.41) is 2.99. The van der Waals surface area contributed by atoms with Crippen molar-refractivity contribution in [2.24, 2.45) is 0 Å². The molecule has 3 nitrogen and oxygen atoms in total. The van der Waals surface area contributed by atoms with E-state index in [4.69, 9.17) is 0 Å². The van der Waals surface area contributed by atoms with Crippen LogP contribution < -0.4 is 5.32 Å². The fourth-order valence-corrected chi connectivity index (χ4v) is 4.07. The molecule has 1 aliphatic heterocycles. The highest BCUT2D eigenvalue weighted by atomic mass is 16.2. The van der Waals surface area contributed by atoms with Gasteiger partial charge >= 0.3 is 0 Å². The highest BCUT2D eigenvalue weighted by Gasteiger charge is 2.40. The zero-order chi connectivity index (χ0) is 20.6. The summed E-state index contributed by atoms with van der Waals surface area (Å²) in [6.07, 6.45) is 0.346. The highest BCUT2D eigenvalue weighted by Crippen LogP contribution is 2.33. The van der Waals surface area contributed by atoms with Crippen molar-refractivity contribution < 1.29 is 9.59 Å². The third-order valence-electron chi connectivity index (χ3n) is 5.58. The van der Waals surface area contributed by atoms with Crippen molar-refractivity contribution in [3.63, 3.8) is 0 Å². The predicted octanol–water partition coefficient (Wildman–Crippen LogP) is 5.28. The number of nitrogens with one attached hydrogen (secondary N) is 1. The van der Waals surface area contributed by atoms with Crippen LogP contribution in [0.3, 0.4) is 0 Å². The lowest BCUT2D eigenvalue weighted by atomic mass is 9.79. The van der Waals surface area contributed by atoms with E-state index in [2.05, 4.69) is 41.7 Å². The van der Waals surface area contributed by atoms with Gasteiger partial charge in [0.15, 0.2) is 5.78 Å². The Bertz CT molecular complexity index is 1050. The van der Waals surface area contributed by atoms with Crippen LogP contribution in [0.25, 0.3) is 22.3 Å². The third kappa shape index (κ3) is 3.86. The first-order valence-corrected chi connectivity index (χ1v) is 9.95. The van der Waals surface area contributed by atoms with Crippen LogP contribution in [-0.4, -0.2) is 17.2 Å². The van der Waals surface area contributed by atoms with Gasteiger partial charge in [-0.05, 0) is 60.2 Å². The summed E-state index contributed by atoms with van der Waals surface area (Å²) >= 11 is 0. The summed E-state index contributed by atoms with van der Waals surface area (Å²) < 4.78 is 0. The Morgan fingerprint density at radius 1 is 0.793 bits per heavy atom. The molecule has 0 radical (unpaired) electrons. The molecule has 1 amide bonds. The summed E-state index contributed by atoms with van der Waals surface area (Å²) in [7, 11) is 0. The van der Waals surface area contributed by atoms with E-state index < -0.39 is 11.5 Å². The Kier molecular flexibility index (Phi) is 4.83. The second-order valence-corrected chi connectivity index (χ2v) is 8.46. The maximum Gasteiger partial charge on any atom is 0.235 e. The van der Waals surface area contributed by atoms with Crippen LogP contribution >= 0.6 is 0 Å². The Morgan fingerprint density at radius 2 is 1.34 bits per heavy atom. The van der Waals surface area contributed by atoms with Gasteiger partial charge in [0.2, 0.25) is 5.91 Å². The van der Waals surface area contributed by atoms with E-state index in [1.165, 1.54) is 5.56 Å². The van der Waals surface area contributed by atoms with Crippen LogP contribution in [0.2, 0.25) is 0 Å². The van der Waals surface area contributed by atoms with E-state index in [0.29, 0.717) is 6.42 Å². The average molecular weight is 383 g/mol. The predicted molar refractivity (Wildman–Crippen MR) is 117 cm³/mol. The van der Waals surface area contributed by atoms with Crippen LogP contribution in [0.4, 0.5) is 0 Å². The summed E-state index contributed by atoms with van der Waals surface area (Å²) in [6.45, 7) is 5.73. The van der Waals surface area contributed by atoms with Crippen LogP contribution in [-0.2, 0) is 9.59 Å². The number of amides is 1. The summed E-state index contributed by atoms with van der Waals surface area (Å²) in [6, 6.07) is 24.7. The normalized spacial score (nSPS) is 18.4. The molecule has 1 unspecified atom stereocenters. The minimum absolute atomic E-state index is 0.0153. The number of benzene rings is 3. The molecule has 1 saturated heterocycles. The minimum atomic E-state index is -0.730. The van der Waals surface area contributed by atoms with Gasteiger partial charge in [-0.3, -0.25) is 9.59 Å². The lowest BCUT2D eigenvalue weighted by Crippen LogP contribution is -2.53. The number of Topliss-reactive ketones (excluding diaryl/α,β-unsaturated/α-hetero) is 1. The fourth-order valence-electron chi connectivity index (χ4n) is 4.07. The molecule has 1 fully saturated rings.